The summed E-state index contributed by atoms with van der Waals surface area (Å²) >= 11 is 0. The van der Waals surface area contributed by atoms with Gasteiger partial charge in [-0.1, -0.05) is 25.0 Å². The Kier molecular flexibility index (Phi) is 5.68. The third kappa shape index (κ3) is 3.65. The van der Waals surface area contributed by atoms with Crippen LogP contribution >= 0.6 is 12.4 Å². The summed E-state index contributed by atoms with van der Waals surface area (Å²) in [5.74, 6) is 0.142. The topological polar surface area (TPSA) is 84.1 Å². The first-order valence-corrected chi connectivity index (χ1v) is 9.74. The fraction of sp³-hybridized carbons (Fsp3) is 0.600. The number of aromatic nitrogens is 2. The number of hydrogen-bond donors (Lipinski definition) is 2. The van der Waals surface area contributed by atoms with E-state index in [9.17, 15) is 9.59 Å². The van der Waals surface area contributed by atoms with E-state index in [1.165, 1.54) is 0 Å². The molecule has 2 fully saturated rings. The van der Waals surface area contributed by atoms with Crippen molar-refractivity contribution < 1.29 is 4.79 Å². The molecule has 27 heavy (non-hydrogen) atoms. The van der Waals surface area contributed by atoms with Crippen molar-refractivity contribution in [3.05, 3.63) is 34.7 Å². The van der Waals surface area contributed by atoms with Crippen LogP contribution in [0.2, 0.25) is 0 Å². The van der Waals surface area contributed by atoms with Crippen LogP contribution in [0.1, 0.15) is 51.5 Å². The average Bonchev–Trinajstić information content (AvgIpc) is 2.97. The van der Waals surface area contributed by atoms with Crippen molar-refractivity contribution in [3.8, 4) is 0 Å². The molecule has 1 saturated carbocycles. The van der Waals surface area contributed by atoms with E-state index in [4.69, 9.17) is 5.73 Å². The maximum absolute atomic E-state index is 13.0. The number of halogens is 1. The number of para-hydroxylation sites is 2. The van der Waals surface area contributed by atoms with Gasteiger partial charge in [-0.3, -0.25) is 9.36 Å². The largest absolute Gasteiger partial charge is 0.342 e. The number of nitrogens with two attached hydrogens (primary N) is 1. The summed E-state index contributed by atoms with van der Waals surface area (Å²) in [7, 11) is 0. The number of imidazole rings is 1. The van der Waals surface area contributed by atoms with Crippen LogP contribution in [0, 0.1) is 5.92 Å². The summed E-state index contributed by atoms with van der Waals surface area (Å²) in [6, 6.07) is 7.93. The summed E-state index contributed by atoms with van der Waals surface area (Å²) in [5, 5.41) is 0. The molecule has 2 aromatic rings. The van der Waals surface area contributed by atoms with Gasteiger partial charge in [0.05, 0.1) is 17.0 Å². The Morgan fingerprint density at radius 1 is 1.19 bits per heavy atom. The summed E-state index contributed by atoms with van der Waals surface area (Å²) < 4.78 is 1.87. The number of fused-ring (bicyclic) bond motifs is 1. The summed E-state index contributed by atoms with van der Waals surface area (Å²) in [6.07, 6.45) is 5.63. The third-order valence-electron chi connectivity index (χ3n) is 6.32. The number of carbonyl (C=O) groups excluding carboxylic acids is 1. The number of piperidine rings is 1. The van der Waals surface area contributed by atoms with Gasteiger partial charge in [-0.2, -0.15) is 0 Å². The summed E-state index contributed by atoms with van der Waals surface area (Å²) in [6.45, 7) is 3.41. The van der Waals surface area contributed by atoms with Gasteiger partial charge < -0.3 is 15.6 Å². The Labute approximate surface area is 165 Å². The van der Waals surface area contributed by atoms with E-state index in [2.05, 4.69) is 4.98 Å². The molecule has 0 spiro atoms. The molecule has 0 bridgehead atoms. The lowest BCUT2D eigenvalue weighted by Gasteiger charge is -2.41. The van der Waals surface area contributed by atoms with Gasteiger partial charge in [0.1, 0.15) is 0 Å². The molecule has 148 valence electrons. The standard InChI is InChI=1S/C20H28N4O2.ClH/c1-20(21)11-5-4-6-15(20)18(25)23-12-9-14(10-13-23)24-17-8-3-2-7-16(17)22-19(24)26;/h2-3,7-8,14-15H,4-6,9-13,21H2,1H3,(H,22,26);1H. The van der Waals surface area contributed by atoms with Gasteiger partial charge in [-0.15, -0.1) is 12.4 Å². The summed E-state index contributed by atoms with van der Waals surface area (Å²) in [5.41, 5.74) is 7.79. The molecular weight excluding hydrogens is 364 g/mol. The van der Waals surface area contributed by atoms with Crippen molar-refractivity contribution in [2.45, 2.75) is 57.0 Å². The zero-order valence-corrected chi connectivity index (χ0v) is 16.6. The highest BCUT2D eigenvalue weighted by Gasteiger charge is 2.40. The van der Waals surface area contributed by atoms with Gasteiger partial charge >= 0.3 is 5.69 Å². The predicted molar refractivity (Wildman–Crippen MR) is 109 cm³/mol. The maximum Gasteiger partial charge on any atom is 0.326 e. The molecule has 6 nitrogen and oxygen atoms in total. The van der Waals surface area contributed by atoms with Gasteiger partial charge in [0.15, 0.2) is 0 Å². The number of hydrogen-bond acceptors (Lipinski definition) is 3. The Bertz CT molecular complexity index is 864. The molecular formula is C20H29ClN4O2. The van der Waals surface area contributed by atoms with Crippen molar-refractivity contribution in [3.63, 3.8) is 0 Å². The molecule has 1 aliphatic heterocycles. The highest BCUT2D eigenvalue weighted by molar-refractivity contribution is 5.85. The minimum atomic E-state index is -0.389. The first-order valence-electron chi connectivity index (χ1n) is 9.74. The highest BCUT2D eigenvalue weighted by Crippen LogP contribution is 2.34. The third-order valence-corrected chi connectivity index (χ3v) is 6.32. The second-order valence-electron chi connectivity index (χ2n) is 8.18. The smallest absolute Gasteiger partial charge is 0.326 e. The number of likely N-dealkylation sites (tertiary alicyclic amines) is 1. The van der Waals surface area contributed by atoms with E-state index >= 15 is 0 Å². The molecule has 7 heteroatoms. The molecule has 2 heterocycles. The molecule has 1 saturated heterocycles. The van der Waals surface area contributed by atoms with Crippen LogP contribution in [-0.2, 0) is 4.79 Å². The van der Waals surface area contributed by atoms with E-state index in [1.807, 2.05) is 40.7 Å². The molecule has 4 rings (SSSR count). The molecule has 1 amide bonds. The zero-order chi connectivity index (χ0) is 18.3. The van der Waals surface area contributed by atoms with Crippen molar-refractivity contribution in [2.24, 2.45) is 11.7 Å². The van der Waals surface area contributed by atoms with Gasteiger partial charge in [0.25, 0.3) is 0 Å². The molecule has 3 N–H and O–H groups in total. The number of rotatable bonds is 2. The van der Waals surface area contributed by atoms with E-state index < -0.39 is 0 Å². The number of H-pyrrole nitrogens is 1. The molecule has 1 aromatic heterocycles. The molecule has 2 atom stereocenters. The second kappa shape index (κ2) is 7.68. The van der Waals surface area contributed by atoms with Gasteiger partial charge in [-0.25, -0.2) is 4.79 Å². The van der Waals surface area contributed by atoms with Crippen LogP contribution in [0.3, 0.4) is 0 Å². The van der Waals surface area contributed by atoms with E-state index in [0.29, 0.717) is 13.1 Å². The van der Waals surface area contributed by atoms with Crippen LogP contribution in [0.25, 0.3) is 11.0 Å². The van der Waals surface area contributed by atoms with E-state index in [-0.39, 0.29) is 41.5 Å². The van der Waals surface area contributed by atoms with E-state index in [0.717, 1.165) is 49.6 Å². The van der Waals surface area contributed by atoms with E-state index in [1.54, 1.807) is 0 Å². The Balaban J connectivity index is 0.00000210. The molecule has 1 aromatic carbocycles. The first-order chi connectivity index (χ1) is 12.5. The van der Waals surface area contributed by atoms with Crippen LogP contribution in [0.5, 0.6) is 0 Å². The number of amides is 1. The number of aromatic amines is 1. The average molecular weight is 393 g/mol. The normalized spacial score (nSPS) is 26.7. The quantitative estimate of drug-likeness (QED) is 0.824. The summed E-state index contributed by atoms with van der Waals surface area (Å²) in [4.78, 5) is 30.3. The molecule has 1 aliphatic carbocycles. The Morgan fingerprint density at radius 3 is 2.59 bits per heavy atom. The lowest BCUT2D eigenvalue weighted by molar-refractivity contribution is -0.140. The van der Waals surface area contributed by atoms with Crippen molar-refractivity contribution >= 4 is 29.3 Å². The number of nitrogens with zero attached hydrogens (tertiary/aromatic N) is 2. The predicted octanol–water partition coefficient (Wildman–Crippen LogP) is 2.82. The van der Waals surface area contributed by atoms with Gasteiger partial charge in [-0.05, 0) is 44.7 Å². The minimum absolute atomic E-state index is 0. The Hall–Kier alpha value is -1.79. The SMILES string of the molecule is CC1(N)CCCCC1C(=O)N1CCC(n2c(=O)[nH]c3ccccc32)CC1.Cl. The second-order valence-corrected chi connectivity index (χ2v) is 8.18. The minimum Gasteiger partial charge on any atom is -0.342 e. The highest BCUT2D eigenvalue weighted by atomic mass is 35.5. The van der Waals surface area contributed by atoms with Crippen molar-refractivity contribution in [1.29, 1.82) is 0 Å². The van der Waals surface area contributed by atoms with Gasteiger partial charge in [0.2, 0.25) is 5.91 Å². The monoisotopic (exact) mass is 392 g/mol. The van der Waals surface area contributed by atoms with Crippen LogP contribution < -0.4 is 11.4 Å². The fourth-order valence-electron chi connectivity index (χ4n) is 4.77. The van der Waals surface area contributed by atoms with Crippen molar-refractivity contribution in [2.75, 3.05) is 13.1 Å². The molecule has 0 radical (unpaired) electrons. The van der Waals surface area contributed by atoms with Crippen molar-refractivity contribution in [1.82, 2.24) is 14.5 Å². The van der Waals surface area contributed by atoms with Crippen LogP contribution in [0.15, 0.2) is 29.1 Å². The zero-order valence-electron chi connectivity index (χ0n) is 15.8. The fourth-order valence-corrected chi connectivity index (χ4v) is 4.77. The number of nitrogens with one attached hydrogen (secondary N) is 1. The molecule has 2 aliphatic rings. The lowest BCUT2D eigenvalue weighted by atomic mass is 9.74. The first kappa shape index (κ1) is 20.0. The Morgan fingerprint density at radius 2 is 1.89 bits per heavy atom. The van der Waals surface area contributed by atoms with Crippen LogP contribution in [-0.4, -0.2) is 39.0 Å². The maximum atomic E-state index is 13.0. The lowest BCUT2D eigenvalue weighted by Crippen LogP contribution is -2.55. The number of carbonyl (C=O) groups is 1. The number of benzene rings is 1. The van der Waals surface area contributed by atoms with Crippen LogP contribution in [0.4, 0.5) is 0 Å². The molecule has 2 unspecified atom stereocenters. The van der Waals surface area contributed by atoms with Gasteiger partial charge in [0, 0.05) is 24.7 Å².